The molecule has 0 heterocycles. The average Bonchev–Trinajstić information content (AvgIpc) is 2.02. The highest BCUT2D eigenvalue weighted by Gasteiger charge is 2.30. The van der Waals surface area contributed by atoms with E-state index in [9.17, 15) is 9.59 Å². The van der Waals surface area contributed by atoms with Crippen LogP contribution in [0.25, 0.3) is 0 Å². The zero-order chi connectivity index (χ0) is 9.72. The minimum atomic E-state index is -1.11. The molecule has 0 spiro atoms. The van der Waals surface area contributed by atoms with E-state index in [4.69, 9.17) is 5.11 Å². The Morgan fingerprint density at radius 3 is 2.25 bits per heavy atom. The molecule has 0 bridgehead atoms. The molecule has 0 radical (unpaired) electrons. The third-order valence-corrected chi connectivity index (χ3v) is 3.54. The van der Waals surface area contributed by atoms with E-state index in [1.165, 1.54) is 0 Å². The zero-order valence-corrected chi connectivity index (χ0v) is 9.46. The highest BCUT2D eigenvalue weighted by atomic mass is 79.9. The number of carboxylic acid groups (broad SMARTS) is 1. The number of carbonyl (C=O) groups is 2. The van der Waals surface area contributed by atoms with Crippen LogP contribution in [0.1, 0.15) is 6.92 Å². The van der Waals surface area contributed by atoms with Crippen molar-refractivity contribution in [2.45, 2.75) is 16.6 Å². The van der Waals surface area contributed by atoms with Crippen LogP contribution in [0.4, 0.5) is 0 Å². The van der Waals surface area contributed by atoms with E-state index >= 15 is 0 Å². The summed E-state index contributed by atoms with van der Waals surface area (Å²) < 4.78 is 4.60. The van der Waals surface area contributed by atoms with Crippen LogP contribution in [0.15, 0.2) is 0 Å². The number of hydrogen-bond donors (Lipinski definition) is 1. The smallest absolute Gasteiger partial charge is 0.321 e. The van der Waals surface area contributed by atoms with Crippen LogP contribution in [0.5, 0.6) is 0 Å². The summed E-state index contributed by atoms with van der Waals surface area (Å²) in [5.74, 6) is -1.69. The van der Waals surface area contributed by atoms with E-state index in [2.05, 4.69) is 36.6 Å². The molecule has 0 aliphatic heterocycles. The van der Waals surface area contributed by atoms with Crippen molar-refractivity contribution < 1.29 is 19.4 Å². The van der Waals surface area contributed by atoms with Crippen LogP contribution < -0.4 is 0 Å². The van der Waals surface area contributed by atoms with Gasteiger partial charge in [-0.2, -0.15) is 0 Å². The van der Waals surface area contributed by atoms with Gasteiger partial charge in [-0.1, -0.05) is 31.9 Å². The first-order valence-electron chi connectivity index (χ1n) is 3.18. The van der Waals surface area contributed by atoms with Gasteiger partial charge in [-0.15, -0.1) is 0 Å². The van der Waals surface area contributed by atoms with Gasteiger partial charge in [0.25, 0.3) is 0 Å². The predicted octanol–water partition coefficient (Wildman–Crippen LogP) is 1.16. The number of alkyl halides is 2. The monoisotopic (exact) mass is 302 g/mol. The lowest BCUT2D eigenvalue weighted by Crippen LogP contribution is -2.32. The second kappa shape index (κ2) is 5.53. The van der Waals surface area contributed by atoms with Gasteiger partial charge in [0.1, 0.15) is 9.65 Å². The van der Waals surface area contributed by atoms with Crippen LogP contribution >= 0.6 is 31.9 Å². The summed E-state index contributed by atoms with van der Waals surface area (Å²) in [6.07, 6.45) is 0. The van der Waals surface area contributed by atoms with Crippen molar-refractivity contribution in [3.63, 3.8) is 0 Å². The number of hydrogen-bond acceptors (Lipinski definition) is 3. The number of carboxylic acids is 1. The van der Waals surface area contributed by atoms with E-state index in [1.807, 2.05) is 0 Å². The Morgan fingerprint density at radius 2 is 1.92 bits per heavy atom. The molecule has 0 aromatic carbocycles. The average molecular weight is 304 g/mol. The Kier molecular flexibility index (Phi) is 5.48. The van der Waals surface area contributed by atoms with Crippen molar-refractivity contribution in [1.29, 1.82) is 0 Å². The van der Waals surface area contributed by atoms with Crippen LogP contribution in [-0.4, -0.2) is 33.3 Å². The lowest BCUT2D eigenvalue weighted by molar-refractivity contribution is -0.145. The molecular weight excluding hydrogens is 296 g/mol. The molecule has 0 saturated carbocycles. The second-order valence-corrected chi connectivity index (χ2v) is 3.87. The molecule has 0 saturated heterocycles. The van der Waals surface area contributed by atoms with Gasteiger partial charge in [0.2, 0.25) is 0 Å². The molecule has 1 N–H and O–H groups in total. The topological polar surface area (TPSA) is 63.6 Å². The molecule has 70 valence electrons. The largest absolute Gasteiger partial charge is 0.480 e. The first-order chi connectivity index (χ1) is 5.50. The van der Waals surface area contributed by atoms with Crippen molar-refractivity contribution in [3.05, 3.63) is 0 Å². The van der Waals surface area contributed by atoms with Crippen molar-refractivity contribution >= 4 is 43.8 Å². The molecular formula is C6H8Br2O4. The Labute approximate surface area is 86.5 Å². The second-order valence-electron chi connectivity index (χ2n) is 1.89. The molecule has 12 heavy (non-hydrogen) atoms. The van der Waals surface area contributed by atoms with Crippen molar-refractivity contribution in [2.24, 2.45) is 0 Å². The third kappa shape index (κ3) is 3.53. The van der Waals surface area contributed by atoms with Crippen LogP contribution in [-0.2, 0) is 14.3 Å². The van der Waals surface area contributed by atoms with Crippen LogP contribution in [0, 0.1) is 0 Å². The molecule has 0 aromatic heterocycles. The first-order valence-corrected chi connectivity index (χ1v) is 5.01. The van der Waals surface area contributed by atoms with Crippen LogP contribution in [0.2, 0.25) is 0 Å². The number of ether oxygens (including phenoxy) is 1. The minimum Gasteiger partial charge on any atom is -0.480 e. The van der Waals surface area contributed by atoms with Crippen LogP contribution in [0.3, 0.4) is 0 Å². The van der Waals surface area contributed by atoms with E-state index < -0.39 is 21.6 Å². The molecule has 4 nitrogen and oxygen atoms in total. The highest BCUT2D eigenvalue weighted by Crippen LogP contribution is 2.16. The molecule has 0 rings (SSSR count). The molecule has 0 aromatic rings. The summed E-state index contributed by atoms with van der Waals surface area (Å²) in [7, 11) is 0. The van der Waals surface area contributed by atoms with Crippen molar-refractivity contribution in [3.8, 4) is 0 Å². The molecule has 0 amide bonds. The molecule has 0 aliphatic rings. The van der Waals surface area contributed by atoms with Gasteiger partial charge in [0, 0.05) is 0 Å². The molecule has 2 atom stereocenters. The first kappa shape index (κ1) is 11.9. The summed E-state index contributed by atoms with van der Waals surface area (Å²) in [6.45, 7) is 1.89. The molecule has 0 fully saturated rings. The Hall–Kier alpha value is -0.100. The Bertz CT molecular complexity index is 182. The maximum Gasteiger partial charge on any atom is 0.321 e. The molecule has 2 unspecified atom stereocenters. The van der Waals surface area contributed by atoms with Crippen molar-refractivity contribution in [2.75, 3.05) is 6.61 Å². The minimum absolute atomic E-state index is 0.236. The van der Waals surface area contributed by atoms with Gasteiger partial charge < -0.3 is 9.84 Å². The van der Waals surface area contributed by atoms with Gasteiger partial charge in [-0.25, -0.2) is 0 Å². The molecule has 0 aliphatic carbocycles. The lowest BCUT2D eigenvalue weighted by Gasteiger charge is -2.10. The van der Waals surface area contributed by atoms with E-state index in [0.29, 0.717) is 0 Å². The Balaban J connectivity index is 4.09. The van der Waals surface area contributed by atoms with E-state index in [-0.39, 0.29) is 6.61 Å². The quantitative estimate of drug-likeness (QED) is 0.625. The summed E-state index contributed by atoms with van der Waals surface area (Å²) in [5, 5.41) is 8.48. The van der Waals surface area contributed by atoms with E-state index in [0.717, 1.165) is 0 Å². The maximum atomic E-state index is 10.9. The fourth-order valence-electron chi connectivity index (χ4n) is 0.467. The number of rotatable bonds is 4. The van der Waals surface area contributed by atoms with E-state index in [1.54, 1.807) is 6.92 Å². The fraction of sp³-hybridized carbons (Fsp3) is 0.667. The maximum absolute atomic E-state index is 10.9. The number of halogens is 2. The van der Waals surface area contributed by atoms with Gasteiger partial charge in [0.15, 0.2) is 0 Å². The summed E-state index contributed by atoms with van der Waals surface area (Å²) in [5.41, 5.74) is 0. The van der Waals surface area contributed by atoms with Gasteiger partial charge in [0.05, 0.1) is 6.61 Å². The lowest BCUT2D eigenvalue weighted by atomic mass is 10.3. The number of carbonyl (C=O) groups excluding carboxylic acids is 1. The number of esters is 1. The zero-order valence-electron chi connectivity index (χ0n) is 6.29. The normalized spacial score (nSPS) is 14.9. The van der Waals surface area contributed by atoms with Gasteiger partial charge in [-0.3, -0.25) is 9.59 Å². The van der Waals surface area contributed by atoms with Gasteiger partial charge in [-0.05, 0) is 6.92 Å². The Morgan fingerprint density at radius 1 is 1.42 bits per heavy atom. The SMILES string of the molecule is CCOC(=O)C(Br)C(Br)C(=O)O. The predicted molar refractivity (Wildman–Crippen MR) is 49.7 cm³/mol. The fourth-order valence-corrected chi connectivity index (χ4v) is 1.04. The number of aliphatic carboxylic acids is 1. The summed E-state index contributed by atoms with van der Waals surface area (Å²) in [6, 6.07) is 0. The standard InChI is InChI=1S/C6H8Br2O4/c1-2-12-6(11)4(8)3(7)5(9)10/h3-4H,2H2,1H3,(H,9,10). The third-order valence-electron chi connectivity index (χ3n) is 1.00. The van der Waals surface area contributed by atoms with Gasteiger partial charge >= 0.3 is 11.9 Å². The summed E-state index contributed by atoms with van der Waals surface area (Å²) in [4.78, 5) is 19.5. The van der Waals surface area contributed by atoms with Crippen molar-refractivity contribution in [1.82, 2.24) is 0 Å². The summed E-state index contributed by atoms with van der Waals surface area (Å²) >= 11 is 5.74. The molecule has 6 heteroatoms. The highest BCUT2D eigenvalue weighted by molar-refractivity contribution is 9.12.